The highest BCUT2D eigenvalue weighted by Crippen LogP contribution is 2.37. The zero-order chi connectivity index (χ0) is 19.2. The molecule has 0 radical (unpaired) electrons. The normalized spacial score (nSPS) is 13.4. The van der Waals surface area contributed by atoms with Gasteiger partial charge in [-0.05, 0) is 50.7 Å². The van der Waals surface area contributed by atoms with Crippen molar-refractivity contribution in [1.82, 2.24) is 4.90 Å². The average molecular weight is 382 g/mol. The van der Waals surface area contributed by atoms with Crippen molar-refractivity contribution in [1.29, 1.82) is 5.26 Å². The monoisotopic (exact) mass is 381 g/mol. The highest BCUT2D eigenvalue weighted by molar-refractivity contribution is 7.16. The first kappa shape index (κ1) is 19.6. The lowest BCUT2D eigenvalue weighted by atomic mass is 9.96. The summed E-state index contributed by atoms with van der Waals surface area (Å²) in [6.07, 6.45) is 4.73. The van der Waals surface area contributed by atoms with Gasteiger partial charge in [-0.15, -0.1) is 11.3 Å². The van der Waals surface area contributed by atoms with Crippen LogP contribution in [0.1, 0.15) is 54.7 Å². The largest absolute Gasteiger partial charge is 0.317 e. The first-order valence-corrected chi connectivity index (χ1v) is 10.5. The number of carbonyl (C=O) groups excluding carboxylic acids is 1. The molecule has 0 saturated heterocycles. The van der Waals surface area contributed by atoms with Crippen LogP contribution in [0.5, 0.6) is 0 Å². The molecule has 0 saturated carbocycles. The van der Waals surface area contributed by atoms with Gasteiger partial charge < -0.3 is 5.32 Å². The number of rotatable bonds is 7. The number of nitrogens with one attached hydrogen (secondary N) is 1. The zero-order valence-electron chi connectivity index (χ0n) is 16.1. The van der Waals surface area contributed by atoms with Gasteiger partial charge in [-0.2, -0.15) is 5.26 Å². The van der Waals surface area contributed by atoms with Crippen LogP contribution in [0.15, 0.2) is 30.3 Å². The smallest absolute Gasteiger partial charge is 0.226 e. The van der Waals surface area contributed by atoms with Crippen molar-refractivity contribution in [3.8, 4) is 6.07 Å². The van der Waals surface area contributed by atoms with E-state index in [1.807, 2.05) is 18.2 Å². The Morgan fingerprint density at radius 2 is 2.00 bits per heavy atom. The number of aryl methyl sites for hydroxylation is 1. The highest BCUT2D eigenvalue weighted by Gasteiger charge is 2.22. The summed E-state index contributed by atoms with van der Waals surface area (Å²) in [5.74, 6) is -0.0104. The SMILES string of the molecule is CC(C)N(CCC(=O)Nc1sc2c(c1C#N)CCCC2)Cc1ccccc1. The molecule has 3 rings (SSSR count). The molecule has 142 valence electrons. The second-order valence-corrected chi connectivity index (χ2v) is 8.48. The molecule has 4 nitrogen and oxygen atoms in total. The van der Waals surface area contributed by atoms with Crippen molar-refractivity contribution in [2.24, 2.45) is 0 Å². The lowest BCUT2D eigenvalue weighted by Gasteiger charge is -2.26. The summed E-state index contributed by atoms with van der Waals surface area (Å²) in [6.45, 7) is 5.85. The van der Waals surface area contributed by atoms with Gasteiger partial charge in [0.1, 0.15) is 11.1 Å². The molecule has 1 N–H and O–H groups in total. The lowest BCUT2D eigenvalue weighted by Crippen LogP contribution is -2.33. The maximum atomic E-state index is 12.5. The molecule has 0 bridgehead atoms. The molecule has 0 fully saturated rings. The summed E-state index contributed by atoms with van der Waals surface area (Å²) >= 11 is 1.59. The van der Waals surface area contributed by atoms with E-state index in [4.69, 9.17) is 0 Å². The molecule has 2 aromatic rings. The minimum absolute atomic E-state index is 0.0104. The quantitative estimate of drug-likeness (QED) is 0.754. The van der Waals surface area contributed by atoms with Gasteiger partial charge in [-0.3, -0.25) is 9.69 Å². The topological polar surface area (TPSA) is 56.1 Å². The molecule has 0 atom stereocenters. The summed E-state index contributed by atoms with van der Waals surface area (Å²) in [5.41, 5.74) is 3.11. The summed E-state index contributed by atoms with van der Waals surface area (Å²) in [6, 6.07) is 13.0. The van der Waals surface area contributed by atoms with Gasteiger partial charge in [-0.1, -0.05) is 30.3 Å². The summed E-state index contributed by atoms with van der Waals surface area (Å²) in [7, 11) is 0. The Morgan fingerprint density at radius 1 is 1.26 bits per heavy atom. The Morgan fingerprint density at radius 3 is 2.70 bits per heavy atom. The van der Waals surface area contributed by atoms with E-state index in [1.165, 1.54) is 16.9 Å². The predicted molar refractivity (Wildman–Crippen MR) is 111 cm³/mol. The Bertz CT molecular complexity index is 820. The maximum absolute atomic E-state index is 12.5. The van der Waals surface area contributed by atoms with E-state index >= 15 is 0 Å². The van der Waals surface area contributed by atoms with Gasteiger partial charge in [0.2, 0.25) is 5.91 Å². The van der Waals surface area contributed by atoms with Crippen molar-refractivity contribution in [2.45, 2.75) is 58.5 Å². The molecule has 0 unspecified atom stereocenters. The second kappa shape index (κ2) is 9.16. The van der Waals surface area contributed by atoms with Crippen molar-refractivity contribution < 1.29 is 4.79 Å². The number of nitrogens with zero attached hydrogens (tertiary/aromatic N) is 2. The molecule has 1 amide bonds. The predicted octanol–water partition coefficient (Wildman–Crippen LogP) is 4.74. The Hall–Kier alpha value is -2.16. The number of carbonyl (C=O) groups is 1. The van der Waals surface area contributed by atoms with Crippen molar-refractivity contribution in [3.63, 3.8) is 0 Å². The minimum atomic E-state index is -0.0104. The van der Waals surface area contributed by atoms with Gasteiger partial charge in [0.25, 0.3) is 0 Å². The van der Waals surface area contributed by atoms with Gasteiger partial charge in [0, 0.05) is 30.4 Å². The summed E-state index contributed by atoms with van der Waals surface area (Å²) in [5, 5.41) is 13.3. The van der Waals surface area contributed by atoms with E-state index in [1.54, 1.807) is 11.3 Å². The minimum Gasteiger partial charge on any atom is -0.317 e. The number of fused-ring (bicyclic) bond motifs is 1. The Kier molecular flexibility index (Phi) is 6.65. The highest BCUT2D eigenvalue weighted by atomic mass is 32.1. The van der Waals surface area contributed by atoms with E-state index in [2.05, 4.69) is 42.3 Å². The summed E-state index contributed by atoms with van der Waals surface area (Å²) in [4.78, 5) is 16.1. The summed E-state index contributed by atoms with van der Waals surface area (Å²) < 4.78 is 0. The van der Waals surface area contributed by atoms with Crippen LogP contribution in [-0.2, 0) is 24.2 Å². The standard InChI is InChI=1S/C22H27N3OS/c1-16(2)25(15-17-8-4-3-5-9-17)13-12-21(26)24-22-19(14-23)18-10-6-7-11-20(18)27-22/h3-5,8-9,16H,6-7,10-13,15H2,1-2H3,(H,24,26). The fourth-order valence-electron chi connectivity index (χ4n) is 3.54. The van der Waals surface area contributed by atoms with Crippen molar-refractivity contribution >= 4 is 22.2 Å². The third-order valence-corrected chi connectivity index (χ3v) is 6.33. The van der Waals surface area contributed by atoms with E-state index < -0.39 is 0 Å². The zero-order valence-corrected chi connectivity index (χ0v) is 16.9. The Balaban J connectivity index is 1.60. The Labute approximate surface area is 165 Å². The van der Waals surface area contributed by atoms with Gasteiger partial charge in [0.15, 0.2) is 0 Å². The number of nitriles is 1. The third kappa shape index (κ3) is 4.97. The molecule has 5 heteroatoms. The first-order chi connectivity index (χ1) is 13.1. The van der Waals surface area contributed by atoms with E-state index in [-0.39, 0.29) is 5.91 Å². The molecule has 27 heavy (non-hydrogen) atoms. The molecule has 1 heterocycles. The van der Waals surface area contributed by atoms with Crippen molar-refractivity contribution in [2.75, 3.05) is 11.9 Å². The van der Waals surface area contributed by atoms with Crippen LogP contribution in [0.4, 0.5) is 5.00 Å². The van der Waals surface area contributed by atoms with E-state index in [0.717, 1.165) is 36.4 Å². The maximum Gasteiger partial charge on any atom is 0.226 e. The molecule has 1 aromatic heterocycles. The van der Waals surface area contributed by atoms with Crippen LogP contribution in [0.3, 0.4) is 0 Å². The third-order valence-electron chi connectivity index (χ3n) is 5.12. The molecule has 0 spiro atoms. The van der Waals surface area contributed by atoms with Crippen LogP contribution in [0.25, 0.3) is 0 Å². The average Bonchev–Trinajstić information content (AvgIpc) is 3.02. The van der Waals surface area contributed by atoms with Crippen LogP contribution in [-0.4, -0.2) is 23.4 Å². The molecule has 0 aliphatic heterocycles. The van der Waals surface area contributed by atoms with Gasteiger partial charge in [-0.25, -0.2) is 0 Å². The van der Waals surface area contributed by atoms with Crippen molar-refractivity contribution in [3.05, 3.63) is 51.9 Å². The fraction of sp³-hybridized carbons (Fsp3) is 0.455. The van der Waals surface area contributed by atoms with Crippen LogP contribution in [0.2, 0.25) is 0 Å². The van der Waals surface area contributed by atoms with E-state index in [9.17, 15) is 10.1 Å². The molecule has 1 aliphatic rings. The molecular formula is C22H27N3OS. The number of thiophene rings is 1. The first-order valence-electron chi connectivity index (χ1n) is 9.71. The number of hydrogen-bond acceptors (Lipinski definition) is 4. The number of amides is 1. The lowest BCUT2D eigenvalue weighted by molar-refractivity contribution is -0.116. The fourth-order valence-corrected chi connectivity index (χ4v) is 4.80. The number of anilines is 1. The number of hydrogen-bond donors (Lipinski definition) is 1. The van der Waals surface area contributed by atoms with E-state index in [0.29, 0.717) is 24.6 Å². The van der Waals surface area contributed by atoms with Gasteiger partial charge in [0.05, 0.1) is 5.56 Å². The second-order valence-electron chi connectivity index (χ2n) is 7.37. The molecule has 1 aliphatic carbocycles. The molecule has 1 aromatic carbocycles. The van der Waals surface area contributed by atoms with Crippen LogP contribution < -0.4 is 5.32 Å². The number of benzene rings is 1. The molecular weight excluding hydrogens is 354 g/mol. The van der Waals surface area contributed by atoms with Crippen LogP contribution in [0, 0.1) is 11.3 Å². The van der Waals surface area contributed by atoms with Crippen LogP contribution >= 0.6 is 11.3 Å². The van der Waals surface area contributed by atoms with Gasteiger partial charge >= 0.3 is 0 Å².